The van der Waals surface area contributed by atoms with Gasteiger partial charge in [-0.15, -0.1) is 11.8 Å². The molecular formula is C19H22N2O4S. The van der Waals surface area contributed by atoms with Crippen molar-refractivity contribution >= 4 is 23.4 Å². The Hall–Kier alpha value is -2.54. The van der Waals surface area contributed by atoms with E-state index in [9.17, 15) is 14.9 Å². The maximum atomic E-state index is 12.8. The maximum Gasteiger partial charge on any atom is 0.269 e. The van der Waals surface area contributed by atoms with Crippen LogP contribution in [0.3, 0.4) is 0 Å². The predicted molar refractivity (Wildman–Crippen MR) is 103 cm³/mol. The van der Waals surface area contributed by atoms with Crippen LogP contribution in [0.25, 0.3) is 0 Å². The van der Waals surface area contributed by atoms with Gasteiger partial charge in [0.25, 0.3) is 5.69 Å². The minimum Gasteiger partial charge on any atom is -0.496 e. The molecule has 0 saturated carbocycles. The van der Waals surface area contributed by atoms with Crippen LogP contribution in [-0.2, 0) is 4.79 Å². The lowest BCUT2D eigenvalue weighted by Crippen LogP contribution is -2.35. The predicted octanol–water partition coefficient (Wildman–Crippen LogP) is 4.30. The van der Waals surface area contributed by atoms with Gasteiger partial charge in [0.05, 0.1) is 23.3 Å². The molecule has 0 aliphatic heterocycles. The summed E-state index contributed by atoms with van der Waals surface area (Å²) in [6, 6.07) is 13.7. The van der Waals surface area contributed by atoms with Gasteiger partial charge in [-0.05, 0) is 32.0 Å². The molecule has 2 atom stereocenters. The van der Waals surface area contributed by atoms with Gasteiger partial charge < -0.3 is 9.64 Å². The van der Waals surface area contributed by atoms with Gasteiger partial charge in [-0.3, -0.25) is 14.9 Å². The number of nitro benzene ring substituents is 1. The van der Waals surface area contributed by atoms with Crippen molar-refractivity contribution < 1.29 is 14.5 Å². The number of carbonyl (C=O) groups is 1. The van der Waals surface area contributed by atoms with E-state index in [1.54, 1.807) is 31.2 Å². The van der Waals surface area contributed by atoms with Gasteiger partial charge in [0.15, 0.2) is 0 Å². The summed E-state index contributed by atoms with van der Waals surface area (Å²) in [5.74, 6) is 0.724. The van der Waals surface area contributed by atoms with Gasteiger partial charge in [0.1, 0.15) is 5.75 Å². The Morgan fingerprint density at radius 2 is 1.77 bits per heavy atom. The first kappa shape index (κ1) is 19.8. The summed E-state index contributed by atoms with van der Waals surface area (Å²) in [6.45, 7) is 3.79. The lowest BCUT2D eigenvalue weighted by Gasteiger charge is -2.28. The molecule has 1 amide bonds. The van der Waals surface area contributed by atoms with E-state index in [1.165, 1.54) is 23.9 Å². The van der Waals surface area contributed by atoms with Crippen LogP contribution in [0.5, 0.6) is 5.75 Å². The van der Waals surface area contributed by atoms with E-state index >= 15 is 0 Å². The van der Waals surface area contributed by atoms with Crippen LogP contribution in [0.4, 0.5) is 5.69 Å². The number of carbonyl (C=O) groups excluding carboxylic acids is 1. The number of non-ortho nitro benzene ring substituents is 1. The molecule has 0 aliphatic carbocycles. The lowest BCUT2D eigenvalue weighted by atomic mass is 10.1. The third kappa shape index (κ3) is 4.54. The molecule has 0 saturated heterocycles. The summed E-state index contributed by atoms with van der Waals surface area (Å²) >= 11 is 1.38. The molecule has 2 rings (SSSR count). The third-order valence-electron chi connectivity index (χ3n) is 4.23. The van der Waals surface area contributed by atoms with Crippen molar-refractivity contribution in [3.8, 4) is 5.75 Å². The Bertz CT molecular complexity index is 779. The first-order chi connectivity index (χ1) is 12.3. The Balaban J connectivity index is 2.07. The Kier molecular flexibility index (Phi) is 6.63. The van der Waals surface area contributed by atoms with Crippen molar-refractivity contribution in [3.05, 3.63) is 64.2 Å². The fourth-order valence-electron chi connectivity index (χ4n) is 2.60. The van der Waals surface area contributed by atoms with Crippen molar-refractivity contribution in [1.29, 1.82) is 0 Å². The maximum absolute atomic E-state index is 12.8. The zero-order valence-corrected chi connectivity index (χ0v) is 16.0. The highest BCUT2D eigenvalue weighted by molar-refractivity contribution is 8.00. The summed E-state index contributed by atoms with van der Waals surface area (Å²) in [5, 5.41) is 10.4. The molecule has 2 aromatic rings. The highest BCUT2D eigenvalue weighted by Gasteiger charge is 2.25. The molecule has 0 N–H and O–H groups in total. The molecule has 0 heterocycles. The van der Waals surface area contributed by atoms with Crippen LogP contribution in [0.1, 0.15) is 25.5 Å². The quantitative estimate of drug-likeness (QED) is 0.410. The first-order valence-electron chi connectivity index (χ1n) is 8.15. The molecule has 0 aromatic heterocycles. The summed E-state index contributed by atoms with van der Waals surface area (Å²) in [5.41, 5.74) is 0.980. The Morgan fingerprint density at radius 1 is 1.15 bits per heavy atom. The van der Waals surface area contributed by atoms with Gasteiger partial charge in [0, 0.05) is 29.6 Å². The summed E-state index contributed by atoms with van der Waals surface area (Å²) in [4.78, 5) is 25.6. The summed E-state index contributed by atoms with van der Waals surface area (Å²) in [7, 11) is 3.38. The van der Waals surface area contributed by atoms with Crippen LogP contribution >= 0.6 is 11.8 Å². The van der Waals surface area contributed by atoms with Gasteiger partial charge >= 0.3 is 0 Å². The second-order valence-corrected chi connectivity index (χ2v) is 7.29. The SMILES string of the molecule is COc1ccccc1C(C)N(C)C(=O)C(C)Sc1ccc([N+](=O)[O-])cc1. The summed E-state index contributed by atoms with van der Waals surface area (Å²) in [6.07, 6.45) is 0. The van der Waals surface area contributed by atoms with Gasteiger partial charge in [0.2, 0.25) is 5.91 Å². The molecule has 7 heteroatoms. The van der Waals surface area contributed by atoms with Crippen LogP contribution in [-0.4, -0.2) is 35.1 Å². The number of ether oxygens (including phenoxy) is 1. The Labute approximate surface area is 157 Å². The number of benzene rings is 2. The number of rotatable bonds is 7. The first-order valence-corrected chi connectivity index (χ1v) is 9.03. The second kappa shape index (κ2) is 8.71. The smallest absolute Gasteiger partial charge is 0.269 e. The molecular weight excluding hydrogens is 352 g/mol. The fourth-order valence-corrected chi connectivity index (χ4v) is 3.57. The molecule has 26 heavy (non-hydrogen) atoms. The minimum atomic E-state index is -0.439. The molecule has 0 fully saturated rings. The largest absolute Gasteiger partial charge is 0.496 e. The number of hydrogen-bond acceptors (Lipinski definition) is 5. The molecule has 0 bridgehead atoms. The van der Waals surface area contributed by atoms with E-state index in [1.807, 2.05) is 38.1 Å². The van der Waals surface area contributed by atoms with E-state index in [2.05, 4.69) is 0 Å². The zero-order valence-electron chi connectivity index (χ0n) is 15.2. The number of thioether (sulfide) groups is 1. The molecule has 138 valence electrons. The lowest BCUT2D eigenvalue weighted by molar-refractivity contribution is -0.384. The third-order valence-corrected chi connectivity index (χ3v) is 5.33. The molecule has 0 radical (unpaired) electrons. The van der Waals surface area contributed by atoms with E-state index < -0.39 is 4.92 Å². The number of para-hydroxylation sites is 1. The van der Waals surface area contributed by atoms with Crippen LogP contribution in [0.2, 0.25) is 0 Å². The van der Waals surface area contributed by atoms with Gasteiger partial charge in [-0.25, -0.2) is 0 Å². The number of amides is 1. The summed E-state index contributed by atoms with van der Waals surface area (Å²) < 4.78 is 5.38. The minimum absolute atomic E-state index is 0.0215. The number of hydrogen-bond donors (Lipinski definition) is 0. The van der Waals surface area contributed by atoms with Crippen molar-refractivity contribution in [1.82, 2.24) is 4.90 Å². The monoisotopic (exact) mass is 374 g/mol. The highest BCUT2D eigenvalue weighted by Crippen LogP contribution is 2.31. The van der Waals surface area contributed by atoms with E-state index in [0.29, 0.717) is 0 Å². The molecule has 0 spiro atoms. The average molecular weight is 374 g/mol. The average Bonchev–Trinajstić information content (AvgIpc) is 2.66. The molecule has 0 aliphatic rings. The normalized spacial score (nSPS) is 12.9. The second-order valence-electron chi connectivity index (χ2n) is 5.88. The highest BCUT2D eigenvalue weighted by atomic mass is 32.2. The van der Waals surface area contributed by atoms with Crippen molar-refractivity contribution in [3.63, 3.8) is 0 Å². The van der Waals surface area contributed by atoms with E-state index in [0.717, 1.165) is 16.2 Å². The van der Waals surface area contributed by atoms with E-state index in [4.69, 9.17) is 4.74 Å². The van der Waals surface area contributed by atoms with Crippen molar-refractivity contribution in [2.24, 2.45) is 0 Å². The van der Waals surface area contributed by atoms with E-state index in [-0.39, 0.29) is 22.9 Å². The topological polar surface area (TPSA) is 72.7 Å². The molecule has 2 unspecified atom stereocenters. The fraction of sp³-hybridized carbons (Fsp3) is 0.316. The molecule has 6 nitrogen and oxygen atoms in total. The van der Waals surface area contributed by atoms with Crippen molar-refractivity contribution in [2.45, 2.75) is 30.0 Å². The van der Waals surface area contributed by atoms with Crippen LogP contribution < -0.4 is 4.74 Å². The van der Waals surface area contributed by atoms with Crippen molar-refractivity contribution in [2.75, 3.05) is 14.2 Å². The standard InChI is InChI=1S/C19H22N2O4S/c1-13(17-7-5-6-8-18(17)25-4)20(3)19(22)14(2)26-16-11-9-15(10-12-16)21(23)24/h5-14H,1-4H3. The number of nitro groups is 1. The number of nitrogens with zero attached hydrogens (tertiary/aromatic N) is 2. The van der Waals surface area contributed by atoms with Crippen LogP contribution in [0, 0.1) is 10.1 Å². The van der Waals surface area contributed by atoms with Crippen LogP contribution in [0.15, 0.2) is 53.4 Å². The van der Waals surface area contributed by atoms with Gasteiger partial charge in [-0.1, -0.05) is 18.2 Å². The molecule has 2 aromatic carbocycles. The zero-order chi connectivity index (χ0) is 19.3. The Morgan fingerprint density at radius 3 is 2.35 bits per heavy atom. The van der Waals surface area contributed by atoms with Gasteiger partial charge in [-0.2, -0.15) is 0 Å². The number of methoxy groups -OCH3 is 1.